The van der Waals surface area contributed by atoms with Gasteiger partial charge in [-0.05, 0) is 27.7 Å². The minimum absolute atomic E-state index is 0.793. The van der Waals surface area contributed by atoms with Gasteiger partial charge in [0.15, 0.2) is 14.9 Å². The fourth-order valence-corrected chi connectivity index (χ4v) is 4.62. The van der Waals surface area contributed by atoms with Gasteiger partial charge in [0.1, 0.15) is 0 Å². The average molecular weight is 301 g/mol. The van der Waals surface area contributed by atoms with Gasteiger partial charge in [-0.15, -0.1) is 0 Å². The first-order valence-corrected chi connectivity index (χ1v) is 8.75. The molecule has 0 bridgehead atoms. The largest absolute Gasteiger partial charge is 0.481 e. The monoisotopic (exact) mass is 301 g/mol. The summed E-state index contributed by atoms with van der Waals surface area (Å²) in [5.41, 5.74) is -2.72. The topological polar surface area (TPSA) is 118 Å². The Bertz CT molecular complexity index is 529. The predicted octanol–water partition coefficient (Wildman–Crippen LogP) is -0.203. The van der Waals surface area contributed by atoms with Crippen molar-refractivity contribution in [3.63, 3.8) is 0 Å². The van der Waals surface area contributed by atoms with E-state index in [0.29, 0.717) is 0 Å². The van der Waals surface area contributed by atoms with E-state index in [9.17, 15) is 21.6 Å². The molecule has 0 aliphatic rings. The number of carboxylic acid groups (broad SMARTS) is 1. The van der Waals surface area contributed by atoms with Crippen molar-refractivity contribution in [1.82, 2.24) is 4.72 Å². The van der Waals surface area contributed by atoms with Crippen LogP contribution in [0, 0.1) is 5.41 Å². The summed E-state index contributed by atoms with van der Waals surface area (Å²) in [6.07, 6.45) is 0.793. The second-order valence-electron chi connectivity index (χ2n) is 5.32. The third-order valence-corrected chi connectivity index (χ3v) is 6.65. The third-order valence-electron chi connectivity index (χ3n) is 2.88. The van der Waals surface area contributed by atoms with Gasteiger partial charge in [-0.2, -0.15) is 0 Å². The molecule has 0 atom stereocenters. The highest BCUT2D eigenvalue weighted by atomic mass is 32.3. The molecular weight excluding hydrogens is 282 g/mol. The van der Waals surface area contributed by atoms with Crippen molar-refractivity contribution >= 4 is 25.8 Å². The average Bonchev–Trinajstić information content (AvgIpc) is 1.94. The van der Waals surface area contributed by atoms with Crippen LogP contribution in [-0.2, 0) is 24.7 Å². The minimum Gasteiger partial charge on any atom is -0.481 e. The van der Waals surface area contributed by atoms with Crippen molar-refractivity contribution in [1.29, 1.82) is 0 Å². The van der Waals surface area contributed by atoms with E-state index in [-0.39, 0.29) is 0 Å². The quantitative estimate of drug-likeness (QED) is 0.701. The lowest BCUT2D eigenvalue weighted by molar-refractivity contribution is -0.150. The fraction of sp³-hybridized carbons (Fsp3) is 0.889. The molecule has 0 rings (SSSR count). The molecule has 0 aliphatic carbocycles. The Labute approximate surface area is 108 Å². The van der Waals surface area contributed by atoms with Crippen LogP contribution < -0.4 is 4.72 Å². The van der Waals surface area contributed by atoms with Crippen LogP contribution in [0.25, 0.3) is 0 Å². The van der Waals surface area contributed by atoms with Crippen molar-refractivity contribution in [2.45, 2.75) is 33.2 Å². The number of aliphatic carboxylic acids is 1. The van der Waals surface area contributed by atoms with Crippen LogP contribution in [-0.4, -0.2) is 44.8 Å². The van der Waals surface area contributed by atoms with Gasteiger partial charge < -0.3 is 5.11 Å². The third kappa shape index (κ3) is 4.54. The van der Waals surface area contributed by atoms with Crippen LogP contribution in [0.5, 0.6) is 0 Å². The lowest BCUT2D eigenvalue weighted by Gasteiger charge is -2.38. The van der Waals surface area contributed by atoms with Gasteiger partial charge >= 0.3 is 5.97 Å². The zero-order chi connectivity index (χ0) is 15.0. The van der Waals surface area contributed by atoms with E-state index in [2.05, 4.69) is 4.72 Å². The molecule has 0 aromatic carbocycles. The highest BCUT2D eigenvalue weighted by molar-refractivity contribution is 8.06. The lowest BCUT2D eigenvalue weighted by Crippen LogP contribution is -2.57. The second-order valence-corrected chi connectivity index (χ2v) is 9.54. The molecule has 9 heteroatoms. The maximum atomic E-state index is 11.6. The van der Waals surface area contributed by atoms with Crippen molar-refractivity contribution < 1.29 is 26.7 Å². The summed E-state index contributed by atoms with van der Waals surface area (Å²) in [5, 5.41) is 7.98. The molecule has 7 nitrogen and oxygen atoms in total. The molecule has 0 saturated carbocycles. The van der Waals surface area contributed by atoms with Gasteiger partial charge in [-0.3, -0.25) is 4.79 Å². The first kappa shape index (κ1) is 17.3. The Morgan fingerprint density at radius 2 is 1.50 bits per heavy atom. The van der Waals surface area contributed by atoms with Crippen LogP contribution in [0.2, 0.25) is 0 Å². The normalized spacial score (nSPS) is 14.5. The number of rotatable bonds is 6. The van der Waals surface area contributed by atoms with E-state index >= 15 is 0 Å². The van der Waals surface area contributed by atoms with Crippen molar-refractivity contribution in [3.05, 3.63) is 0 Å². The number of nitrogens with one attached hydrogen (secondary N) is 1. The molecule has 0 unspecified atom stereocenters. The Hall–Kier alpha value is -0.670. The highest BCUT2D eigenvalue weighted by Gasteiger charge is 2.46. The summed E-state index contributed by atoms with van der Waals surface area (Å²) < 4.78 is 47.4. The van der Waals surface area contributed by atoms with Crippen LogP contribution in [0.3, 0.4) is 0 Å². The number of sulfone groups is 1. The highest BCUT2D eigenvalue weighted by Crippen LogP contribution is 2.31. The number of sulfonamides is 1. The molecule has 0 aliphatic heterocycles. The summed E-state index contributed by atoms with van der Waals surface area (Å²) in [6, 6.07) is 0. The lowest BCUT2D eigenvalue weighted by atomic mass is 9.75. The molecule has 0 amide bonds. The summed E-state index contributed by atoms with van der Waals surface area (Å²) >= 11 is 0. The van der Waals surface area contributed by atoms with Crippen LogP contribution in [0.15, 0.2) is 0 Å². The van der Waals surface area contributed by atoms with E-state index in [1.165, 1.54) is 27.7 Å². The fourth-order valence-electron chi connectivity index (χ4n) is 1.09. The summed E-state index contributed by atoms with van der Waals surface area (Å²) in [6.45, 7) is 5.50. The van der Waals surface area contributed by atoms with Crippen LogP contribution >= 0.6 is 0 Å². The molecule has 0 aromatic heterocycles. The predicted molar refractivity (Wildman–Crippen MR) is 67.3 cm³/mol. The smallest absolute Gasteiger partial charge is 0.310 e. The maximum absolute atomic E-state index is 11.6. The van der Waals surface area contributed by atoms with Crippen LogP contribution in [0.4, 0.5) is 0 Å². The molecule has 0 saturated heterocycles. The van der Waals surface area contributed by atoms with Gasteiger partial charge in [0.05, 0.1) is 5.41 Å². The minimum atomic E-state index is -4.11. The Morgan fingerprint density at radius 1 is 1.11 bits per heavy atom. The number of hydrogen-bond acceptors (Lipinski definition) is 5. The van der Waals surface area contributed by atoms with Gasteiger partial charge in [-0.25, -0.2) is 21.6 Å². The van der Waals surface area contributed by atoms with E-state index < -0.39 is 41.9 Å². The van der Waals surface area contributed by atoms with Gasteiger partial charge in [0.2, 0.25) is 10.0 Å². The molecule has 2 N–H and O–H groups in total. The summed E-state index contributed by atoms with van der Waals surface area (Å²) in [4.78, 5) is 11.1. The van der Waals surface area contributed by atoms with Gasteiger partial charge in [-0.1, -0.05) is 0 Å². The SMILES string of the molecule is CC(C)(NS(=O)(=O)CS(C)(=O)=O)C(C)(C)C(=O)O. The molecule has 0 heterocycles. The Balaban J connectivity index is 5.29. The molecule has 0 fully saturated rings. The number of hydrogen-bond donors (Lipinski definition) is 2. The molecular formula is C9H19NO6S2. The molecule has 108 valence electrons. The first-order valence-electron chi connectivity index (χ1n) is 5.03. The Morgan fingerprint density at radius 3 is 1.78 bits per heavy atom. The van der Waals surface area contributed by atoms with Crippen molar-refractivity contribution in [3.8, 4) is 0 Å². The number of carboxylic acids is 1. The summed E-state index contributed by atoms with van der Waals surface area (Å²) in [5.74, 6) is -1.19. The first-order chi connectivity index (χ1) is 7.61. The molecule has 0 radical (unpaired) electrons. The van der Waals surface area contributed by atoms with E-state index in [1.807, 2.05) is 0 Å². The second kappa shape index (κ2) is 4.78. The zero-order valence-corrected chi connectivity index (χ0v) is 12.6. The van der Waals surface area contributed by atoms with E-state index in [1.54, 1.807) is 0 Å². The Kier molecular flexibility index (Phi) is 4.60. The summed E-state index contributed by atoms with van der Waals surface area (Å²) in [7, 11) is -7.83. The van der Waals surface area contributed by atoms with Gasteiger partial charge in [0.25, 0.3) is 0 Å². The zero-order valence-electron chi connectivity index (χ0n) is 11.0. The molecule has 0 aromatic rings. The van der Waals surface area contributed by atoms with E-state index in [0.717, 1.165) is 6.26 Å². The number of carbonyl (C=O) groups is 1. The van der Waals surface area contributed by atoms with Crippen molar-refractivity contribution in [2.24, 2.45) is 5.41 Å². The van der Waals surface area contributed by atoms with Crippen molar-refractivity contribution in [2.75, 3.05) is 11.3 Å². The molecule has 18 heavy (non-hydrogen) atoms. The standard InChI is InChI=1S/C9H19NO6S2/c1-8(2,7(11)12)9(3,4)10-18(15,16)6-17(5,13)14/h10H,6H2,1-5H3,(H,11,12). The van der Waals surface area contributed by atoms with E-state index in [4.69, 9.17) is 5.11 Å². The van der Waals surface area contributed by atoms with Crippen LogP contribution in [0.1, 0.15) is 27.7 Å². The molecule has 0 spiro atoms. The van der Waals surface area contributed by atoms with Gasteiger partial charge in [0, 0.05) is 11.8 Å². The maximum Gasteiger partial charge on any atom is 0.310 e.